The van der Waals surface area contributed by atoms with Gasteiger partial charge in [-0.25, -0.2) is 0 Å². The molecule has 0 saturated heterocycles. The molecule has 0 heterocycles. The summed E-state index contributed by atoms with van der Waals surface area (Å²) in [5.41, 5.74) is 0.720. The van der Waals surface area contributed by atoms with Crippen LogP contribution in [-0.4, -0.2) is 49.2 Å². The largest absolute Gasteiger partial charge is 0.493 e. The molecule has 0 fully saturated rings. The third kappa shape index (κ3) is 4.83. The number of methoxy groups -OCH3 is 2. The molecule has 0 aliphatic heterocycles. The summed E-state index contributed by atoms with van der Waals surface area (Å²) >= 11 is 0. The molecule has 6 heteroatoms. The van der Waals surface area contributed by atoms with Gasteiger partial charge >= 0.3 is 5.97 Å². The first-order valence-electron chi connectivity index (χ1n) is 6.33. The topological polar surface area (TPSA) is 76.1 Å². The fourth-order valence-electron chi connectivity index (χ4n) is 1.85. The van der Waals surface area contributed by atoms with E-state index in [1.54, 1.807) is 18.2 Å². The second-order valence-corrected chi connectivity index (χ2v) is 4.32. The number of hydrogen-bond donors (Lipinski definition) is 1. The van der Waals surface area contributed by atoms with E-state index in [2.05, 4.69) is 6.58 Å². The van der Waals surface area contributed by atoms with Gasteiger partial charge in [0.2, 0.25) is 5.91 Å². The Morgan fingerprint density at radius 1 is 1.29 bits per heavy atom. The van der Waals surface area contributed by atoms with Crippen LogP contribution >= 0.6 is 0 Å². The number of rotatable bonds is 8. The molecular formula is C15H19NO5. The summed E-state index contributed by atoms with van der Waals surface area (Å²) in [6.07, 6.45) is 1.58. The molecule has 1 amide bonds. The highest BCUT2D eigenvalue weighted by Crippen LogP contribution is 2.27. The minimum atomic E-state index is -1.06. The van der Waals surface area contributed by atoms with Crippen LogP contribution in [0.3, 0.4) is 0 Å². The minimum absolute atomic E-state index is 0.0848. The molecular weight excluding hydrogens is 274 g/mol. The van der Waals surface area contributed by atoms with Crippen LogP contribution in [0.4, 0.5) is 0 Å². The van der Waals surface area contributed by atoms with Crippen LogP contribution < -0.4 is 9.47 Å². The van der Waals surface area contributed by atoms with E-state index in [4.69, 9.17) is 14.6 Å². The minimum Gasteiger partial charge on any atom is -0.493 e. The van der Waals surface area contributed by atoms with E-state index >= 15 is 0 Å². The number of carbonyl (C=O) groups is 2. The van der Waals surface area contributed by atoms with Gasteiger partial charge in [0.15, 0.2) is 11.5 Å². The smallest absolute Gasteiger partial charge is 0.323 e. The zero-order valence-electron chi connectivity index (χ0n) is 12.2. The predicted molar refractivity (Wildman–Crippen MR) is 77.7 cm³/mol. The van der Waals surface area contributed by atoms with Crippen molar-refractivity contribution in [1.82, 2.24) is 4.90 Å². The number of ether oxygens (including phenoxy) is 2. The molecule has 1 aromatic carbocycles. The summed E-state index contributed by atoms with van der Waals surface area (Å²) in [5, 5.41) is 8.81. The number of carboxylic acid groups (broad SMARTS) is 1. The summed E-state index contributed by atoms with van der Waals surface area (Å²) in [6, 6.07) is 5.15. The Kier molecular flexibility index (Phi) is 6.26. The molecule has 0 saturated carbocycles. The summed E-state index contributed by atoms with van der Waals surface area (Å²) in [6.45, 7) is 3.37. The molecule has 0 aromatic heterocycles. The lowest BCUT2D eigenvalue weighted by Crippen LogP contribution is -2.36. The Labute approximate surface area is 123 Å². The number of carboxylic acids is 1. The van der Waals surface area contributed by atoms with Crippen molar-refractivity contribution >= 4 is 11.9 Å². The van der Waals surface area contributed by atoms with Crippen molar-refractivity contribution in [2.75, 3.05) is 27.3 Å². The van der Waals surface area contributed by atoms with Gasteiger partial charge in [-0.15, -0.1) is 6.58 Å². The Morgan fingerprint density at radius 3 is 2.48 bits per heavy atom. The van der Waals surface area contributed by atoms with Gasteiger partial charge in [-0.2, -0.15) is 0 Å². The summed E-state index contributed by atoms with van der Waals surface area (Å²) in [4.78, 5) is 24.1. The lowest BCUT2D eigenvalue weighted by atomic mass is 10.1. The van der Waals surface area contributed by atoms with Crippen LogP contribution in [-0.2, 0) is 16.0 Å². The summed E-state index contributed by atoms with van der Waals surface area (Å²) in [7, 11) is 3.04. The molecule has 1 aromatic rings. The molecule has 1 rings (SSSR count). The fourth-order valence-corrected chi connectivity index (χ4v) is 1.85. The molecule has 0 spiro atoms. The zero-order chi connectivity index (χ0) is 15.8. The quantitative estimate of drug-likeness (QED) is 0.732. The van der Waals surface area contributed by atoms with Crippen molar-refractivity contribution in [3.8, 4) is 11.5 Å². The molecule has 0 radical (unpaired) electrons. The van der Waals surface area contributed by atoms with Gasteiger partial charge in [-0.3, -0.25) is 9.59 Å². The Balaban J connectivity index is 2.85. The molecule has 0 bridgehead atoms. The highest BCUT2D eigenvalue weighted by atomic mass is 16.5. The van der Waals surface area contributed by atoms with Crippen molar-refractivity contribution < 1.29 is 24.2 Å². The van der Waals surface area contributed by atoms with Crippen molar-refractivity contribution in [3.63, 3.8) is 0 Å². The van der Waals surface area contributed by atoms with Gasteiger partial charge in [0.1, 0.15) is 6.54 Å². The number of benzene rings is 1. The first-order valence-corrected chi connectivity index (χ1v) is 6.33. The SMILES string of the molecule is C=CCN(CC(=O)O)C(=O)Cc1ccc(OC)c(OC)c1. The van der Waals surface area contributed by atoms with Crippen LogP contribution in [0.25, 0.3) is 0 Å². The molecule has 6 nitrogen and oxygen atoms in total. The Morgan fingerprint density at radius 2 is 1.95 bits per heavy atom. The second kappa shape index (κ2) is 7.94. The summed E-state index contributed by atoms with van der Waals surface area (Å²) < 4.78 is 10.3. The van der Waals surface area contributed by atoms with Crippen molar-refractivity contribution in [1.29, 1.82) is 0 Å². The molecule has 114 valence electrons. The molecule has 0 aliphatic rings. The van der Waals surface area contributed by atoms with Gasteiger partial charge < -0.3 is 19.5 Å². The maximum absolute atomic E-state index is 12.1. The molecule has 0 aliphatic carbocycles. The Hall–Kier alpha value is -2.50. The second-order valence-electron chi connectivity index (χ2n) is 4.32. The standard InChI is InChI=1S/C15H19NO5/c1-4-7-16(10-15(18)19)14(17)9-11-5-6-12(20-2)13(8-11)21-3/h4-6,8H,1,7,9-10H2,2-3H3,(H,18,19). The highest BCUT2D eigenvalue weighted by Gasteiger charge is 2.16. The average Bonchev–Trinajstić information content (AvgIpc) is 2.46. The fraction of sp³-hybridized carbons (Fsp3) is 0.333. The Bertz CT molecular complexity index is 527. The first-order chi connectivity index (χ1) is 10.0. The maximum atomic E-state index is 12.1. The number of nitrogens with zero attached hydrogens (tertiary/aromatic N) is 1. The van der Waals surface area contributed by atoms with Gasteiger partial charge in [0.05, 0.1) is 20.6 Å². The first kappa shape index (κ1) is 16.6. The highest BCUT2D eigenvalue weighted by molar-refractivity contribution is 5.83. The van der Waals surface area contributed by atoms with Crippen molar-refractivity contribution in [2.45, 2.75) is 6.42 Å². The van der Waals surface area contributed by atoms with Gasteiger partial charge in [0.25, 0.3) is 0 Å². The van der Waals surface area contributed by atoms with Crippen LogP contribution in [0, 0.1) is 0 Å². The van der Waals surface area contributed by atoms with Crippen LogP contribution in [0.15, 0.2) is 30.9 Å². The lowest BCUT2D eigenvalue weighted by Gasteiger charge is -2.19. The van der Waals surface area contributed by atoms with E-state index < -0.39 is 5.97 Å². The van der Waals surface area contributed by atoms with Crippen molar-refractivity contribution in [2.24, 2.45) is 0 Å². The van der Waals surface area contributed by atoms with Gasteiger partial charge in [-0.1, -0.05) is 12.1 Å². The van der Waals surface area contributed by atoms with Gasteiger partial charge in [0, 0.05) is 6.54 Å². The van der Waals surface area contributed by atoms with E-state index in [0.717, 1.165) is 5.56 Å². The normalized spacial score (nSPS) is 9.81. The van der Waals surface area contributed by atoms with E-state index in [1.807, 2.05) is 0 Å². The maximum Gasteiger partial charge on any atom is 0.323 e. The average molecular weight is 293 g/mol. The summed E-state index contributed by atoms with van der Waals surface area (Å²) in [5.74, 6) is -0.250. The molecule has 0 atom stereocenters. The van der Waals surface area contributed by atoms with Crippen LogP contribution in [0.1, 0.15) is 5.56 Å². The number of aliphatic carboxylic acids is 1. The molecule has 0 unspecified atom stereocenters. The number of carbonyl (C=O) groups excluding carboxylic acids is 1. The van der Waals surface area contributed by atoms with Crippen LogP contribution in [0.5, 0.6) is 11.5 Å². The lowest BCUT2D eigenvalue weighted by molar-refractivity contribution is -0.143. The number of amides is 1. The zero-order valence-corrected chi connectivity index (χ0v) is 12.2. The molecule has 21 heavy (non-hydrogen) atoms. The number of hydrogen-bond acceptors (Lipinski definition) is 4. The third-order valence-electron chi connectivity index (χ3n) is 2.83. The van der Waals surface area contributed by atoms with Crippen LogP contribution in [0.2, 0.25) is 0 Å². The third-order valence-corrected chi connectivity index (χ3v) is 2.83. The predicted octanol–water partition coefficient (Wildman–Crippen LogP) is 1.35. The van der Waals surface area contributed by atoms with Crippen molar-refractivity contribution in [3.05, 3.63) is 36.4 Å². The van der Waals surface area contributed by atoms with E-state index in [0.29, 0.717) is 11.5 Å². The monoisotopic (exact) mass is 293 g/mol. The van der Waals surface area contributed by atoms with E-state index in [9.17, 15) is 9.59 Å². The van der Waals surface area contributed by atoms with E-state index in [-0.39, 0.29) is 25.4 Å². The molecule has 1 N–H and O–H groups in total. The van der Waals surface area contributed by atoms with E-state index in [1.165, 1.54) is 25.2 Å². The van der Waals surface area contributed by atoms with Gasteiger partial charge in [-0.05, 0) is 17.7 Å².